The van der Waals surface area contributed by atoms with Crippen LogP contribution in [0.3, 0.4) is 0 Å². The van der Waals surface area contributed by atoms with E-state index in [1.54, 1.807) is 22.5 Å². The third-order valence-electron chi connectivity index (χ3n) is 6.18. The van der Waals surface area contributed by atoms with E-state index in [4.69, 9.17) is 4.98 Å². The lowest BCUT2D eigenvalue weighted by atomic mass is 10.0. The van der Waals surface area contributed by atoms with Gasteiger partial charge in [-0.25, -0.2) is 4.98 Å². The fourth-order valence-electron chi connectivity index (χ4n) is 4.34. The molecule has 2 heterocycles. The van der Waals surface area contributed by atoms with Gasteiger partial charge in [-0.2, -0.15) is 0 Å². The van der Waals surface area contributed by atoms with Gasteiger partial charge in [-0.05, 0) is 42.5 Å². The van der Waals surface area contributed by atoms with Crippen molar-refractivity contribution in [3.63, 3.8) is 0 Å². The molecule has 0 atom stereocenters. The summed E-state index contributed by atoms with van der Waals surface area (Å²) in [6.45, 7) is 7.07. The summed E-state index contributed by atoms with van der Waals surface area (Å²) in [6, 6.07) is 15.2. The minimum atomic E-state index is -0.141. The Kier molecular flexibility index (Phi) is 7.36. The molecule has 34 heavy (non-hydrogen) atoms. The normalized spacial score (nSPS) is 14.5. The average molecular weight is 479 g/mol. The highest BCUT2D eigenvalue weighted by Gasteiger charge is 2.23. The molecule has 1 aliphatic heterocycles. The van der Waals surface area contributed by atoms with Crippen LogP contribution in [-0.2, 0) is 9.59 Å². The second-order valence-electron chi connectivity index (χ2n) is 8.90. The maximum Gasteiger partial charge on any atom is 0.266 e. The zero-order valence-electron chi connectivity index (χ0n) is 19.8. The number of nitrogens with zero attached hydrogens (tertiary/aromatic N) is 3. The Hall–Kier alpha value is -3.13. The number of thioether (sulfide) groups is 1. The summed E-state index contributed by atoms with van der Waals surface area (Å²) in [7, 11) is 0. The summed E-state index contributed by atoms with van der Waals surface area (Å²) in [5.74, 6) is 0.345. The molecule has 178 valence electrons. The van der Waals surface area contributed by atoms with Gasteiger partial charge >= 0.3 is 0 Å². The van der Waals surface area contributed by atoms with Gasteiger partial charge in [0.15, 0.2) is 5.16 Å². The van der Waals surface area contributed by atoms with Gasteiger partial charge in [-0.1, -0.05) is 55.9 Å². The largest absolute Gasteiger partial charge is 0.353 e. The fraction of sp³-hybridized carbons (Fsp3) is 0.385. The third-order valence-corrected chi connectivity index (χ3v) is 7.12. The first-order chi connectivity index (χ1) is 16.3. The van der Waals surface area contributed by atoms with E-state index < -0.39 is 0 Å². The van der Waals surface area contributed by atoms with Crippen LogP contribution in [0.4, 0.5) is 0 Å². The van der Waals surface area contributed by atoms with E-state index in [0.717, 1.165) is 24.1 Å². The Labute approximate surface area is 203 Å². The number of carbonyl (C=O) groups excluding carboxylic acids is 2. The molecule has 0 radical (unpaired) electrons. The lowest BCUT2D eigenvalue weighted by Crippen LogP contribution is -2.46. The van der Waals surface area contributed by atoms with Crippen molar-refractivity contribution in [2.45, 2.75) is 50.7 Å². The van der Waals surface area contributed by atoms with Crippen LogP contribution in [0.1, 0.15) is 45.1 Å². The molecule has 2 amide bonds. The quantitative estimate of drug-likeness (QED) is 0.431. The maximum absolute atomic E-state index is 13.5. The molecule has 3 aromatic rings. The van der Waals surface area contributed by atoms with Crippen LogP contribution in [0.2, 0.25) is 0 Å². The summed E-state index contributed by atoms with van der Waals surface area (Å²) >= 11 is 1.27. The van der Waals surface area contributed by atoms with Crippen molar-refractivity contribution < 1.29 is 9.59 Å². The van der Waals surface area contributed by atoms with Gasteiger partial charge < -0.3 is 10.2 Å². The van der Waals surface area contributed by atoms with Gasteiger partial charge in [0.2, 0.25) is 11.8 Å². The van der Waals surface area contributed by atoms with E-state index in [2.05, 4.69) is 19.2 Å². The van der Waals surface area contributed by atoms with Crippen molar-refractivity contribution in [1.29, 1.82) is 0 Å². The van der Waals surface area contributed by atoms with E-state index in [9.17, 15) is 14.4 Å². The molecule has 1 aromatic heterocycles. The van der Waals surface area contributed by atoms with Crippen LogP contribution in [0, 0.1) is 0 Å². The first-order valence-electron chi connectivity index (χ1n) is 11.6. The first-order valence-corrected chi connectivity index (χ1v) is 12.6. The highest BCUT2D eigenvalue weighted by molar-refractivity contribution is 7.99. The average Bonchev–Trinajstić information content (AvgIpc) is 2.83. The van der Waals surface area contributed by atoms with Crippen LogP contribution in [0.25, 0.3) is 16.6 Å². The van der Waals surface area contributed by atoms with Gasteiger partial charge in [0.05, 0.1) is 22.3 Å². The molecule has 0 saturated carbocycles. The number of rotatable bonds is 6. The summed E-state index contributed by atoms with van der Waals surface area (Å²) in [4.78, 5) is 44.4. The molecule has 7 nitrogen and oxygen atoms in total. The van der Waals surface area contributed by atoms with Crippen LogP contribution < -0.4 is 10.9 Å². The van der Waals surface area contributed by atoms with Crippen molar-refractivity contribution in [3.8, 4) is 5.69 Å². The number of para-hydroxylation sites is 2. The molecule has 1 saturated heterocycles. The van der Waals surface area contributed by atoms with Crippen molar-refractivity contribution in [2.75, 3.05) is 18.8 Å². The summed E-state index contributed by atoms with van der Waals surface area (Å²) in [5.41, 5.74) is 2.31. The van der Waals surface area contributed by atoms with E-state index in [1.165, 1.54) is 11.8 Å². The van der Waals surface area contributed by atoms with E-state index in [0.29, 0.717) is 29.1 Å². The summed E-state index contributed by atoms with van der Waals surface area (Å²) in [5, 5.41) is 4.12. The number of benzene rings is 2. The van der Waals surface area contributed by atoms with Crippen LogP contribution in [-0.4, -0.2) is 51.1 Å². The number of aromatic nitrogens is 2. The third kappa shape index (κ3) is 5.17. The van der Waals surface area contributed by atoms with E-state index >= 15 is 0 Å². The second kappa shape index (κ2) is 10.4. The molecule has 1 fully saturated rings. The number of amides is 2. The molecule has 4 rings (SSSR count). The fourth-order valence-corrected chi connectivity index (χ4v) is 5.16. The molecular weight excluding hydrogens is 448 g/mol. The van der Waals surface area contributed by atoms with Crippen molar-refractivity contribution in [2.24, 2.45) is 0 Å². The predicted molar refractivity (Wildman–Crippen MR) is 136 cm³/mol. The molecule has 1 N–H and O–H groups in total. The van der Waals surface area contributed by atoms with E-state index in [1.807, 2.05) is 42.5 Å². The lowest BCUT2D eigenvalue weighted by Gasteiger charge is -2.31. The zero-order valence-corrected chi connectivity index (χ0v) is 20.6. The monoisotopic (exact) mass is 478 g/mol. The molecule has 8 heteroatoms. The lowest BCUT2D eigenvalue weighted by molar-refractivity contribution is -0.130. The van der Waals surface area contributed by atoms with Gasteiger partial charge in [0, 0.05) is 26.1 Å². The van der Waals surface area contributed by atoms with Crippen molar-refractivity contribution in [1.82, 2.24) is 19.8 Å². The van der Waals surface area contributed by atoms with Crippen molar-refractivity contribution >= 4 is 34.5 Å². The van der Waals surface area contributed by atoms with Crippen molar-refractivity contribution in [3.05, 3.63) is 64.4 Å². The Morgan fingerprint density at radius 2 is 1.76 bits per heavy atom. The number of nitrogens with one attached hydrogen (secondary N) is 1. The maximum atomic E-state index is 13.5. The molecule has 0 unspecified atom stereocenters. The molecule has 0 aliphatic carbocycles. The number of hydrogen-bond donors (Lipinski definition) is 1. The number of carbonyl (C=O) groups is 2. The first kappa shape index (κ1) is 24.0. The molecular formula is C26H30N4O3S. The number of fused-ring (bicyclic) bond motifs is 1. The minimum absolute atomic E-state index is 0.0529. The Morgan fingerprint density at radius 3 is 2.47 bits per heavy atom. The van der Waals surface area contributed by atoms with Crippen LogP contribution in [0.15, 0.2) is 58.5 Å². The topological polar surface area (TPSA) is 84.3 Å². The SMILES string of the molecule is CC(=O)N1CCC(NC(=O)CSc2nc3ccccc3c(=O)n2-c2ccccc2C(C)C)CC1. The van der Waals surface area contributed by atoms with Gasteiger partial charge in [0.1, 0.15) is 0 Å². The van der Waals surface area contributed by atoms with Gasteiger partial charge in [0.25, 0.3) is 5.56 Å². The Balaban J connectivity index is 1.59. The Morgan fingerprint density at radius 1 is 1.09 bits per heavy atom. The van der Waals surface area contributed by atoms with Gasteiger partial charge in [-0.15, -0.1) is 0 Å². The predicted octanol–water partition coefficient (Wildman–Crippen LogP) is 3.73. The van der Waals surface area contributed by atoms with Crippen LogP contribution >= 0.6 is 11.8 Å². The number of hydrogen-bond acceptors (Lipinski definition) is 5. The summed E-state index contributed by atoms with van der Waals surface area (Å²) in [6.07, 6.45) is 1.49. The highest BCUT2D eigenvalue weighted by Crippen LogP contribution is 2.27. The zero-order chi connectivity index (χ0) is 24.2. The standard InChI is InChI=1S/C26H30N4O3S/c1-17(2)20-8-5-7-11-23(20)30-25(33)21-9-4-6-10-22(21)28-26(30)34-16-24(32)27-19-12-14-29(15-13-19)18(3)31/h4-11,17,19H,12-16H2,1-3H3,(H,27,32). The van der Waals surface area contributed by atoms with Gasteiger partial charge in [-0.3, -0.25) is 19.0 Å². The van der Waals surface area contributed by atoms with Crippen LogP contribution in [0.5, 0.6) is 0 Å². The number of likely N-dealkylation sites (tertiary alicyclic amines) is 1. The minimum Gasteiger partial charge on any atom is -0.353 e. The number of piperidine rings is 1. The molecule has 0 bridgehead atoms. The Bertz CT molecular complexity index is 1260. The highest BCUT2D eigenvalue weighted by atomic mass is 32.2. The van der Waals surface area contributed by atoms with E-state index in [-0.39, 0.29) is 35.1 Å². The molecule has 1 aliphatic rings. The molecule has 2 aromatic carbocycles. The molecule has 0 spiro atoms. The summed E-state index contributed by atoms with van der Waals surface area (Å²) < 4.78 is 1.64. The second-order valence-corrected chi connectivity index (χ2v) is 9.84. The smallest absolute Gasteiger partial charge is 0.266 e.